The lowest BCUT2D eigenvalue weighted by Crippen LogP contribution is -2.10. The van der Waals surface area contributed by atoms with Crippen LogP contribution in [0, 0.1) is 12.7 Å². The van der Waals surface area contributed by atoms with Crippen LogP contribution in [0.25, 0.3) is 0 Å². The van der Waals surface area contributed by atoms with E-state index in [0.717, 1.165) is 5.69 Å². The van der Waals surface area contributed by atoms with Crippen LogP contribution >= 0.6 is 0 Å². The molecule has 0 saturated carbocycles. The zero-order chi connectivity index (χ0) is 13.8. The van der Waals surface area contributed by atoms with Crippen LogP contribution < -0.4 is 10.1 Å². The minimum atomic E-state index is -0.258. The van der Waals surface area contributed by atoms with Gasteiger partial charge in [0.25, 0.3) is 0 Å². The second-order valence-corrected chi connectivity index (χ2v) is 4.59. The molecule has 1 atom stereocenters. The summed E-state index contributed by atoms with van der Waals surface area (Å²) in [5.41, 5.74) is 2.70. The molecule has 0 spiro atoms. The summed E-state index contributed by atoms with van der Waals surface area (Å²) in [5, 5.41) is 3.28. The van der Waals surface area contributed by atoms with E-state index in [4.69, 9.17) is 4.74 Å². The molecule has 0 bridgehead atoms. The Morgan fingerprint density at radius 3 is 2.42 bits per heavy atom. The van der Waals surface area contributed by atoms with Gasteiger partial charge in [-0.1, -0.05) is 23.8 Å². The maximum absolute atomic E-state index is 13.9. The third kappa shape index (κ3) is 3.05. The summed E-state index contributed by atoms with van der Waals surface area (Å²) in [7, 11) is 1.55. The van der Waals surface area contributed by atoms with Crippen LogP contribution in [-0.2, 0) is 0 Å². The summed E-state index contributed by atoms with van der Waals surface area (Å²) >= 11 is 0. The lowest BCUT2D eigenvalue weighted by atomic mass is 10.1. The van der Waals surface area contributed by atoms with Gasteiger partial charge in [0.15, 0.2) is 0 Å². The minimum Gasteiger partial charge on any atom is -0.496 e. The van der Waals surface area contributed by atoms with Crippen LogP contribution in [0.15, 0.2) is 42.5 Å². The molecule has 0 fully saturated rings. The zero-order valence-electron chi connectivity index (χ0n) is 11.4. The van der Waals surface area contributed by atoms with Crippen molar-refractivity contribution in [3.05, 3.63) is 59.4 Å². The molecule has 0 aromatic heterocycles. The lowest BCUT2D eigenvalue weighted by Gasteiger charge is -2.19. The maximum Gasteiger partial charge on any atom is 0.132 e. The molecule has 0 aliphatic carbocycles. The van der Waals surface area contributed by atoms with Crippen molar-refractivity contribution < 1.29 is 9.13 Å². The molecule has 19 heavy (non-hydrogen) atoms. The SMILES string of the molecule is COc1cccc(F)c1C(C)Nc1ccc(C)cc1. The number of rotatable bonds is 4. The van der Waals surface area contributed by atoms with Gasteiger partial charge in [0.1, 0.15) is 11.6 Å². The van der Waals surface area contributed by atoms with Crippen molar-refractivity contribution in [3.8, 4) is 5.75 Å². The van der Waals surface area contributed by atoms with Crippen molar-refractivity contribution >= 4 is 5.69 Å². The van der Waals surface area contributed by atoms with Crippen LogP contribution in [0.3, 0.4) is 0 Å². The number of anilines is 1. The average Bonchev–Trinajstić information content (AvgIpc) is 2.40. The molecule has 1 unspecified atom stereocenters. The maximum atomic E-state index is 13.9. The van der Waals surface area contributed by atoms with Crippen LogP contribution in [0.4, 0.5) is 10.1 Å². The first-order valence-corrected chi connectivity index (χ1v) is 6.27. The highest BCUT2D eigenvalue weighted by Gasteiger charge is 2.16. The molecule has 0 aliphatic heterocycles. The summed E-state index contributed by atoms with van der Waals surface area (Å²) in [6, 6.07) is 12.7. The third-order valence-corrected chi connectivity index (χ3v) is 3.10. The van der Waals surface area contributed by atoms with Crippen molar-refractivity contribution in [1.82, 2.24) is 0 Å². The number of ether oxygens (including phenoxy) is 1. The molecule has 1 N–H and O–H groups in total. The van der Waals surface area contributed by atoms with Gasteiger partial charge in [-0.3, -0.25) is 0 Å². The fourth-order valence-electron chi connectivity index (χ4n) is 2.09. The van der Waals surface area contributed by atoms with Gasteiger partial charge in [-0.15, -0.1) is 0 Å². The normalized spacial score (nSPS) is 12.0. The molecular formula is C16H18FNO. The molecule has 0 radical (unpaired) electrons. The van der Waals surface area contributed by atoms with Crippen molar-refractivity contribution in [2.24, 2.45) is 0 Å². The van der Waals surface area contributed by atoms with Gasteiger partial charge in [-0.05, 0) is 38.1 Å². The quantitative estimate of drug-likeness (QED) is 0.883. The number of nitrogens with one attached hydrogen (secondary N) is 1. The number of aryl methyl sites for hydroxylation is 1. The van der Waals surface area contributed by atoms with Gasteiger partial charge in [0.2, 0.25) is 0 Å². The molecule has 0 amide bonds. The van der Waals surface area contributed by atoms with Gasteiger partial charge >= 0.3 is 0 Å². The Morgan fingerprint density at radius 2 is 1.79 bits per heavy atom. The molecule has 2 aromatic rings. The summed E-state index contributed by atoms with van der Waals surface area (Å²) in [6.07, 6.45) is 0. The van der Waals surface area contributed by atoms with Crippen molar-refractivity contribution in [3.63, 3.8) is 0 Å². The molecular weight excluding hydrogens is 241 g/mol. The first-order chi connectivity index (χ1) is 9.11. The smallest absolute Gasteiger partial charge is 0.132 e. The van der Waals surface area contributed by atoms with Crippen LogP contribution in [0.2, 0.25) is 0 Å². The van der Waals surface area contributed by atoms with E-state index in [2.05, 4.69) is 5.32 Å². The Bertz CT molecular complexity index is 551. The van der Waals surface area contributed by atoms with Crippen molar-refractivity contribution in [2.75, 3.05) is 12.4 Å². The van der Waals surface area contributed by atoms with Gasteiger partial charge < -0.3 is 10.1 Å². The average molecular weight is 259 g/mol. The van der Waals surface area contributed by atoms with Gasteiger partial charge in [-0.25, -0.2) is 4.39 Å². The van der Waals surface area contributed by atoms with E-state index in [1.165, 1.54) is 11.6 Å². The zero-order valence-corrected chi connectivity index (χ0v) is 11.4. The standard InChI is InChI=1S/C16H18FNO/c1-11-7-9-13(10-8-11)18-12(2)16-14(17)5-4-6-15(16)19-3/h4-10,12,18H,1-3H3. The van der Waals surface area contributed by atoms with Gasteiger partial charge in [-0.2, -0.15) is 0 Å². The Balaban J connectivity index is 2.24. The summed E-state index contributed by atoms with van der Waals surface area (Å²) in [6.45, 7) is 3.95. The van der Waals surface area contributed by atoms with Crippen molar-refractivity contribution in [1.29, 1.82) is 0 Å². The molecule has 0 saturated heterocycles. The Kier molecular flexibility index (Phi) is 4.05. The largest absolute Gasteiger partial charge is 0.496 e. The van der Waals surface area contributed by atoms with E-state index < -0.39 is 0 Å². The van der Waals surface area contributed by atoms with Crippen molar-refractivity contribution in [2.45, 2.75) is 19.9 Å². The van der Waals surface area contributed by atoms with E-state index in [0.29, 0.717) is 11.3 Å². The second kappa shape index (κ2) is 5.74. The molecule has 2 aromatic carbocycles. The molecule has 2 rings (SSSR count). The summed E-state index contributed by atoms with van der Waals surface area (Å²) in [5.74, 6) is 0.304. The highest BCUT2D eigenvalue weighted by molar-refractivity contribution is 5.48. The predicted molar refractivity (Wildman–Crippen MR) is 76.2 cm³/mol. The highest BCUT2D eigenvalue weighted by atomic mass is 19.1. The van der Waals surface area contributed by atoms with Gasteiger partial charge in [0.05, 0.1) is 18.7 Å². The van der Waals surface area contributed by atoms with Crippen LogP contribution in [0.1, 0.15) is 24.1 Å². The number of methoxy groups -OCH3 is 1. The molecule has 100 valence electrons. The number of hydrogen-bond acceptors (Lipinski definition) is 2. The number of benzene rings is 2. The topological polar surface area (TPSA) is 21.3 Å². The monoisotopic (exact) mass is 259 g/mol. The van der Waals surface area contributed by atoms with E-state index >= 15 is 0 Å². The molecule has 0 heterocycles. The Morgan fingerprint density at radius 1 is 1.11 bits per heavy atom. The lowest BCUT2D eigenvalue weighted by molar-refractivity contribution is 0.402. The van der Waals surface area contributed by atoms with Gasteiger partial charge in [0, 0.05) is 5.69 Å². The van der Waals surface area contributed by atoms with Crippen LogP contribution in [0.5, 0.6) is 5.75 Å². The molecule has 2 nitrogen and oxygen atoms in total. The third-order valence-electron chi connectivity index (χ3n) is 3.10. The fraction of sp³-hybridized carbons (Fsp3) is 0.250. The number of hydrogen-bond donors (Lipinski definition) is 1. The first-order valence-electron chi connectivity index (χ1n) is 6.27. The first kappa shape index (κ1) is 13.4. The van der Waals surface area contributed by atoms with Crippen LogP contribution in [-0.4, -0.2) is 7.11 Å². The van der Waals surface area contributed by atoms with E-state index in [1.807, 2.05) is 38.1 Å². The summed E-state index contributed by atoms with van der Waals surface area (Å²) < 4.78 is 19.2. The predicted octanol–water partition coefficient (Wildman–Crippen LogP) is 4.32. The molecule has 0 aliphatic rings. The second-order valence-electron chi connectivity index (χ2n) is 4.59. The fourth-order valence-corrected chi connectivity index (χ4v) is 2.09. The Hall–Kier alpha value is -2.03. The number of halogens is 1. The van der Waals surface area contributed by atoms with E-state index in [-0.39, 0.29) is 11.9 Å². The summed E-state index contributed by atoms with van der Waals surface area (Å²) in [4.78, 5) is 0. The van der Waals surface area contributed by atoms with E-state index in [9.17, 15) is 4.39 Å². The highest BCUT2D eigenvalue weighted by Crippen LogP contribution is 2.30. The Labute approximate surface area is 113 Å². The minimum absolute atomic E-state index is 0.168. The molecule has 3 heteroatoms. The van der Waals surface area contributed by atoms with E-state index in [1.54, 1.807) is 19.2 Å².